The molecule has 1 N–H and O–H groups in total. The quantitative estimate of drug-likeness (QED) is 0.720. The highest BCUT2D eigenvalue weighted by molar-refractivity contribution is 5.66. The fourth-order valence-corrected chi connectivity index (χ4v) is 5.51. The van der Waals surface area contributed by atoms with Crippen molar-refractivity contribution in [1.82, 2.24) is 0 Å². The standard InChI is InChI=1S/C20H36O3/c1-14(8-6-12-19(3,4)22)16-10-11-17-18(23-15(2)21)9-7-13-20(16,17)5/h14,16-18,22H,6-13H2,1-5H3/t14-,16+,17-,18-,20+/m0/s1. The molecular weight excluding hydrogens is 288 g/mol. The highest BCUT2D eigenvalue weighted by atomic mass is 16.5. The van der Waals surface area contributed by atoms with Gasteiger partial charge >= 0.3 is 5.97 Å². The second kappa shape index (κ2) is 7.13. The van der Waals surface area contributed by atoms with Crippen LogP contribution in [0.2, 0.25) is 0 Å². The second-order valence-corrected chi connectivity index (χ2v) is 9.02. The lowest BCUT2D eigenvalue weighted by Crippen LogP contribution is -2.43. The molecule has 0 saturated heterocycles. The molecule has 0 spiro atoms. The summed E-state index contributed by atoms with van der Waals surface area (Å²) in [5.74, 6) is 1.83. The lowest BCUT2D eigenvalue weighted by Gasteiger charge is -2.46. The van der Waals surface area contributed by atoms with Crippen LogP contribution in [0.1, 0.15) is 86.0 Å². The number of hydrogen-bond donors (Lipinski definition) is 1. The van der Waals surface area contributed by atoms with Crippen molar-refractivity contribution in [2.75, 3.05) is 0 Å². The van der Waals surface area contributed by atoms with E-state index in [-0.39, 0.29) is 12.1 Å². The Morgan fingerprint density at radius 2 is 2.04 bits per heavy atom. The average Bonchev–Trinajstić information content (AvgIpc) is 2.74. The third-order valence-electron chi connectivity index (χ3n) is 6.59. The van der Waals surface area contributed by atoms with Crippen LogP contribution in [0.15, 0.2) is 0 Å². The molecule has 2 saturated carbocycles. The van der Waals surface area contributed by atoms with Gasteiger partial charge in [0.1, 0.15) is 6.10 Å². The van der Waals surface area contributed by atoms with E-state index >= 15 is 0 Å². The summed E-state index contributed by atoms with van der Waals surface area (Å²) < 4.78 is 5.65. The van der Waals surface area contributed by atoms with Crippen molar-refractivity contribution >= 4 is 5.97 Å². The van der Waals surface area contributed by atoms with Gasteiger partial charge in [0.2, 0.25) is 0 Å². The predicted molar refractivity (Wildman–Crippen MR) is 93.0 cm³/mol. The summed E-state index contributed by atoms with van der Waals surface area (Å²) in [6.45, 7) is 10.2. The SMILES string of the molecule is CC(=O)O[C@H]1CCC[C@]2(C)[C@@H]([C@@H](C)CCCC(C)(C)O)CC[C@@H]12. The van der Waals surface area contributed by atoms with E-state index in [1.165, 1.54) is 39.0 Å². The van der Waals surface area contributed by atoms with Crippen molar-refractivity contribution in [2.45, 2.75) is 97.7 Å². The van der Waals surface area contributed by atoms with Gasteiger partial charge in [0.25, 0.3) is 0 Å². The zero-order valence-corrected chi connectivity index (χ0v) is 15.7. The molecule has 0 aromatic rings. The molecule has 23 heavy (non-hydrogen) atoms. The summed E-state index contributed by atoms with van der Waals surface area (Å²) in [4.78, 5) is 11.4. The number of esters is 1. The number of aliphatic hydroxyl groups is 1. The third kappa shape index (κ3) is 4.49. The molecule has 2 aliphatic carbocycles. The maximum absolute atomic E-state index is 11.4. The minimum Gasteiger partial charge on any atom is -0.462 e. The minimum absolute atomic E-state index is 0.124. The topological polar surface area (TPSA) is 46.5 Å². The van der Waals surface area contributed by atoms with Gasteiger partial charge < -0.3 is 9.84 Å². The van der Waals surface area contributed by atoms with E-state index in [1.54, 1.807) is 0 Å². The van der Waals surface area contributed by atoms with Gasteiger partial charge in [0.15, 0.2) is 0 Å². The highest BCUT2D eigenvalue weighted by Crippen LogP contribution is 2.58. The molecule has 0 heterocycles. The van der Waals surface area contributed by atoms with Crippen LogP contribution < -0.4 is 0 Å². The molecule has 3 nitrogen and oxygen atoms in total. The van der Waals surface area contributed by atoms with Gasteiger partial charge in [-0.15, -0.1) is 0 Å². The highest BCUT2D eigenvalue weighted by Gasteiger charge is 2.53. The summed E-state index contributed by atoms with van der Waals surface area (Å²) in [7, 11) is 0. The number of hydrogen-bond acceptors (Lipinski definition) is 3. The molecule has 0 amide bonds. The van der Waals surface area contributed by atoms with Crippen LogP contribution in [0.25, 0.3) is 0 Å². The molecule has 134 valence electrons. The number of carbonyl (C=O) groups excluding carboxylic acids is 1. The predicted octanol–water partition coefficient (Wildman–Crippen LogP) is 4.71. The summed E-state index contributed by atoms with van der Waals surface area (Å²) in [6, 6.07) is 0. The van der Waals surface area contributed by atoms with Crippen molar-refractivity contribution in [3.63, 3.8) is 0 Å². The van der Waals surface area contributed by atoms with E-state index in [1.807, 2.05) is 13.8 Å². The van der Waals surface area contributed by atoms with Crippen LogP contribution in [0.5, 0.6) is 0 Å². The second-order valence-electron chi connectivity index (χ2n) is 9.02. The zero-order chi connectivity index (χ0) is 17.3. The van der Waals surface area contributed by atoms with Gasteiger partial charge in [-0.25, -0.2) is 0 Å². The van der Waals surface area contributed by atoms with Crippen molar-refractivity contribution in [3.8, 4) is 0 Å². The van der Waals surface area contributed by atoms with Crippen molar-refractivity contribution in [1.29, 1.82) is 0 Å². The Balaban J connectivity index is 1.97. The van der Waals surface area contributed by atoms with Crippen LogP contribution in [-0.2, 0) is 9.53 Å². The van der Waals surface area contributed by atoms with E-state index in [0.29, 0.717) is 17.3 Å². The van der Waals surface area contributed by atoms with Crippen molar-refractivity contribution < 1.29 is 14.6 Å². The summed E-state index contributed by atoms with van der Waals surface area (Å²) in [5.41, 5.74) is -0.223. The smallest absolute Gasteiger partial charge is 0.302 e. The van der Waals surface area contributed by atoms with Crippen molar-refractivity contribution in [2.24, 2.45) is 23.2 Å². The molecule has 5 atom stereocenters. The molecular formula is C20H36O3. The van der Waals surface area contributed by atoms with E-state index in [9.17, 15) is 9.90 Å². The Morgan fingerprint density at radius 1 is 1.35 bits per heavy atom. The Bertz CT molecular complexity index is 412. The first-order chi connectivity index (χ1) is 10.6. The molecule has 0 aliphatic heterocycles. The molecule has 0 aromatic heterocycles. The van der Waals surface area contributed by atoms with Crippen LogP contribution >= 0.6 is 0 Å². The number of ether oxygens (including phenoxy) is 1. The van der Waals surface area contributed by atoms with Crippen LogP contribution in [0.3, 0.4) is 0 Å². The van der Waals surface area contributed by atoms with Crippen LogP contribution in [-0.4, -0.2) is 22.8 Å². The molecule has 0 radical (unpaired) electrons. The first-order valence-corrected chi connectivity index (χ1v) is 9.53. The Labute approximate surface area is 142 Å². The van der Waals surface area contributed by atoms with Gasteiger partial charge in [-0.2, -0.15) is 0 Å². The Morgan fingerprint density at radius 3 is 2.65 bits per heavy atom. The molecule has 2 aliphatic rings. The molecule has 3 heteroatoms. The Kier molecular flexibility index (Phi) is 5.81. The molecule has 0 unspecified atom stereocenters. The first kappa shape index (κ1) is 18.8. The monoisotopic (exact) mass is 324 g/mol. The summed E-state index contributed by atoms with van der Waals surface area (Å²) in [6.07, 6.45) is 9.26. The van der Waals surface area contributed by atoms with Crippen molar-refractivity contribution in [3.05, 3.63) is 0 Å². The lowest BCUT2D eigenvalue weighted by molar-refractivity contribution is -0.155. The fourth-order valence-electron chi connectivity index (χ4n) is 5.51. The summed E-state index contributed by atoms with van der Waals surface area (Å²) in [5, 5.41) is 9.90. The first-order valence-electron chi connectivity index (χ1n) is 9.53. The zero-order valence-electron chi connectivity index (χ0n) is 15.7. The Hall–Kier alpha value is -0.570. The number of fused-ring (bicyclic) bond motifs is 1. The molecule has 0 bridgehead atoms. The molecule has 2 rings (SSSR count). The normalized spacial score (nSPS) is 35.7. The van der Waals surface area contributed by atoms with Crippen LogP contribution in [0.4, 0.5) is 0 Å². The lowest BCUT2D eigenvalue weighted by atomic mass is 9.61. The van der Waals surface area contributed by atoms with Gasteiger partial charge in [-0.05, 0) is 69.6 Å². The molecule has 2 fully saturated rings. The summed E-state index contributed by atoms with van der Waals surface area (Å²) >= 11 is 0. The maximum atomic E-state index is 11.4. The fraction of sp³-hybridized carbons (Fsp3) is 0.950. The van der Waals surface area contributed by atoms with E-state index in [2.05, 4.69) is 13.8 Å². The minimum atomic E-state index is -0.549. The average molecular weight is 325 g/mol. The van der Waals surface area contributed by atoms with E-state index < -0.39 is 5.60 Å². The maximum Gasteiger partial charge on any atom is 0.302 e. The van der Waals surface area contributed by atoms with E-state index in [4.69, 9.17) is 4.74 Å². The number of rotatable bonds is 6. The van der Waals surface area contributed by atoms with Gasteiger partial charge in [0.05, 0.1) is 5.60 Å². The molecule has 0 aromatic carbocycles. The van der Waals surface area contributed by atoms with Gasteiger partial charge in [-0.3, -0.25) is 4.79 Å². The van der Waals surface area contributed by atoms with E-state index in [0.717, 1.165) is 25.2 Å². The third-order valence-corrected chi connectivity index (χ3v) is 6.59. The largest absolute Gasteiger partial charge is 0.462 e. The van der Waals surface area contributed by atoms with Crippen LogP contribution in [0, 0.1) is 23.2 Å². The number of carbonyl (C=O) groups is 1. The van der Waals surface area contributed by atoms with Gasteiger partial charge in [0, 0.05) is 12.8 Å². The van der Waals surface area contributed by atoms with Gasteiger partial charge in [-0.1, -0.05) is 26.7 Å².